The molecule has 2 nitrogen and oxygen atoms in total. The molecular formula is C10H14N2S. The Labute approximate surface area is 83.4 Å². The van der Waals surface area contributed by atoms with Crippen LogP contribution in [0.25, 0.3) is 0 Å². The van der Waals surface area contributed by atoms with Crippen molar-refractivity contribution in [3.8, 4) is 12.3 Å². The first-order valence-corrected chi connectivity index (χ1v) is 5.13. The van der Waals surface area contributed by atoms with E-state index in [2.05, 4.69) is 23.1 Å². The highest BCUT2D eigenvalue weighted by atomic mass is 32.1. The molecule has 1 aromatic rings. The lowest BCUT2D eigenvalue weighted by atomic mass is 10.1. The molecule has 1 unspecified atom stereocenters. The molecule has 13 heavy (non-hydrogen) atoms. The first kappa shape index (κ1) is 10.2. The monoisotopic (exact) mass is 194 g/mol. The molecule has 70 valence electrons. The van der Waals surface area contributed by atoms with Gasteiger partial charge in [0.25, 0.3) is 0 Å². The second kappa shape index (κ2) is 3.91. The summed E-state index contributed by atoms with van der Waals surface area (Å²) in [6.45, 7) is 6.03. The van der Waals surface area contributed by atoms with E-state index < -0.39 is 0 Å². The molecule has 0 spiro atoms. The predicted molar refractivity (Wildman–Crippen MR) is 56.6 cm³/mol. The summed E-state index contributed by atoms with van der Waals surface area (Å²) in [5, 5.41) is 5.35. The van der Waals surface area contributed by atoms with E-state index in [1.807, 2.05) is 24.7 Å². The summed E-state index contributed by atoms with van der Waals surface area (Å²) in [7, 11) is 0. The van der Waals surface area contributed by atoms with Gasteiger partial charge < -0.3 is 0 Å². The van der Waals surface area contributed by atoms with Crippen LogP contribution in [-0.2, 0) is 0 Å². The summed E-state index contributed by atoms with van der Waals surface area (Å²) in [5.41, 5.74) is 2.60. The van der Waals surface area contributed by atoms with Gasteiger partial charge in [0, 0.05) is 11.4 Å². The molecule has 1 rings (SSSR count). The number of thiazole rings is 1. The van der Waals surface area contributed by atoms with E-state index >= 15 is 0 Å². The third-order valence-electron chi connectivity index (χ3n) is 1.83. The Morgan fingerprint density at radius 2 is 2.38 bits per heavy atom. The van der Waals surface area contributed by atoms with Crippen molar-refractivity contribution < 1.29 is 0 Å². The van der Waals surface area contributed by atoms with Gasteiger partial charge in [-0.25, -0.2) is 4.98 Å². The van der Waals surface area contributed by atoms with Crippen molar-refractivity contribution >= 4 is 11.3 Å². The van der Waals surface area contributed by atoms with Crippen molar-refractivity contribution in [2.45, 2.75) is 32.4 Å². The lowest BCUT2D eigenvalue weighted by molar-refractivity contribution is 0.427. The normalized spacial score (nSPS) is 13.7. The van der Waals surface area contributed by atoms with Gasteiger partial charge in [0.15, 0.2) is 0 Å². The molecule has 1 aromatic heterocycles. The van der Waals surface area contributed by atoms with Gasteiger partial charge >= 0.3 is 0 Å². The average Bonchev–Trinajstić information content (AvgIpc) is 2.55. The maximum atomic E-state index is 5.38. The highest BCUT2D eigenvalue weighted by Gasteiger charge is 2.18. The van der Waals surface area contributed by atoms with Crippen molar-refractivity contribution in [2.75, 3.05) is 0 Å². The van der Waals surface area contributed by atoms with E-state index in [4.69, 9.17) is 6.42 Å². The molecule has 0 saturated carbocycles. The van der Waals surface area contributed by atoms with Crippen molar-refractivity contribution in [2.24, 2.45) is 0 Å². The van der Waals surface area contributed by atoms with Crippen LogP contribution < -0.4 is 5.32 Å². The van der Waals surface area contributed by atoms with Crippen molar-refractivity contribution in [1.29, 1.82) is 0 Å². The van der Waals surface area contributed by atoms with Gasteiger partial charge in [-0.2, -0.15) is 0 Å². The molecule has 1 N–H and O–H groups in total. The van der Waals surface area contributed by atoms with Crippen LogP contribution in [0.2, 0.25) is 0 Å². The molecule has 0 saturated heterocycles. The minimum Gasteiger partial charge on any atom is -0.293 e. The largest absolute Gasteiger partial charge is 0.293 e. The number of terminal acetylenes is 1. The maximum absolute atomic E-state index is 5.38. The highest BCUT2D eigenvalue weighted by molar-refractivity contribution is 7.07. The second-order valence-corrected chi connectivity index (χ2v) is 4.27. The van der Waals surface area contributed by atoms with E-state index in [0.29, 0.717) is 0 Å². The summed E-state index contributed by atoms with van der Waals surface area (Å²) in [6, 6.07) is 0.206. The van der Waals surface area contributed by atoms with Crippen molar-refractivity contribution in [3.63, 3.8) is 0 Å². The van der Waals surface area contributed by atoms with Gasteiger partial charge in [-0.1, -0.05) is 5.92 Å². The molecule has 0 aliphatic carbocycles. The zero-order valence-corrected chi connectivity index (χ0v) is 8.98. The van der Waals surface area contributed by atoms with Crippen LogP contribution in [0.1, 0.15) is 32.5 Å². The topological polar surface area (TPSA) is 24.9 Å². The first-order valence-electron chi connectivity index (χ1n) is 4.19. The van der Waals surface area contributed by atoms with Crippen LogP contribution >= 0.6 is 11.3 Å². The van der Waals surface area contributed by atoms with Gasteiger partial charge in [-0.05, 0) is 20.8 Å². The Bertz CT molecular complexity index is 295. The van der Waals surface area contributed by atoms with Gasteiger partial charge in [-0.15, -0.1) is 17.8 Å². The van der Waals surface area contributed by atoms with Gasteiger partial charge in [-0.3, -0.25) is 5.32 Å². The number of rotatable bonds is 3. The molecule has 0 aromatic carbocycles. The third kappa shape index (κ3) is 2.83. The molecule has 0 amide bonds. The lowest BCUT2D eigenvalue weighted by Gasteiger charge is -2.23. The molecular weight excluding hydrogens is 180 g/mol. The fraction of sp³-hybridized carbons (Fsp3) is 0.500. The molecule has 0 aliphatic heterocycles. The Morgan fingerprint density at radius 3 is 2.85 bits per heavy atom. The molecule has 0 aliphatic rings. The zero-order chi connectivity index (χ0) is 9.90. The fourth-order valence-electron chi connectivity index (χ4n) is 1.09. The summed E-state index contributed by atoms with van der Waals surface area (Å²) in [5.74, 6) is 2.70. The molecule has 1 heterocycles. The maximum Gasteiger partial charge on any atom is 0.0795 e. The Hall–Kier alpha value is -0.850. The standard InChI is InChI=1S/C10H14N2S/c1-5-10(3,4)12-8(2)9-6-13-7-11-9/h1,6-8,12H,2-4H3. The fourth-order valence-corrected chi connectivity index (χ4v) is 1.74. The Balaban J connectivity index is 2.62. The summed E-state index contributed by atoms with van der Waals surface area (Å²) < 4.78 is 0. The van der Waals surface area contributed by atoms with Crippen molar-refractivity contribution in [1.82, 2.24) is 10.3 Å². The predicted octanol–water partition coefficient (Wildman–Crippen LogP) is 2.21. The summed E-state index contributed by atoms with van der Waals surface area (Å²) in [6.07, 6.45) is 5.38. The molecule has 0 fully saturated rings. The van der Waals surface area contributed by atoms with Crippen LogP contribution in [0, 0.1) is 12.3 Å². The summed E-state index contributed by atoms with van der Waals surface area (Å²) >= 11 is 1.60. The lowest BCUT2D eigenvalue weighted by Crippen LogP contribution is -2.39. The number of hydrogen-bond donors (Lipinski definition) is 1. The van der Waals surface area contributed by atoms with E-state index in [0.717, 1.165) is 5.69 Å². The van der Waals surface area contributed by atoms with E-state index in [1.165, 1.54) is 0 Å². The molecule has 0 bridgehead atoms. The van der Waals surface area contributed by atoms with Crippen LogP contribution in [0.5, 0.6) is 0 Å². The number of aromatic nitrogens is 1. The third-order valence-corrected chi connectivity index (χ3v) is 2.44. The first-order chi connectivity index (χ1) is 6.05. The van der Waals surface area contributed by atoms with Gasteiger partial charge in [0.05, 0.1) is 16.7 Å². The Morgan fingerprint density at radius 1 is 1.69 bits per heavy atom. The van der Waals surface area contributed by atoms with Crippen LogP contribution in [0.4, 0.5) is 0 Å². The van der Waals surface area contributed by atoms with Gasteiger partial charge in [0.2, 0.25) is 0 Å². The highest BCUT2D eigenvalue weighted by Crippen LogP contribution is 2.15. The molecule has 1 atom stereocenters. The zero-order valence-electron chi connectivity index (χ0n) is 8.16. The number of nitrogens with zero attached hydrogens (tertiary/aromatic N) is 1. The van der Waals surface area contributed by atoms with Crippen LogP contribution in [0.15, 0.2) is 10.9 Å². The van der Waals surface area contributed by atoms with E-state index in [1.54, 1.807) is 11.3 Å². The van der Waals surface area contributed by atoms with Crippen LogP contribution in [0.3, 0.4) is 0 Å². The minimum absolute atomic E-state index is 0.206. The molecule has 3 heteroatoms. The van der Waals surface area contributed by atoms with Gasteiger partial charge in [0.1, 0.15) is 0 Å². The average molecular weight is 194 g/mol. The number of hydrogen-bond acceptors (Lipinski definition) is 3. The van der Waals surface area contributed by atoms with E-state index in [9.17, 15) is 0 Å². The number of nitrogens with one attached hydrogen (secondary N) is 1. The van der Waals surface area contributed by atoms with Crippen LogP contribution in [-0.4, -0.2) is 10.5 Å². The Kier molecular flexibility index (Phi) is 3.07. The van der Waals surface area contributed by atoms with Crippen molar-refractivity contribution in [3.05, 3.63) is 16.6 Å². The van der Waals surface area contributed by atoms with E-state index in [-0.39, 0.29) is 11.6 Å². The molecule has 0 radical (unpaired) electrons. The summed E-state index contributed by atoms with van der Waals surface area (Å²) in [4.78, 5) is 4.22. The second-order valence-electron chi connectivity index (χ2n) is 3.55. The SMILES string of the molecule is C#CC(C)(C)NC(C)c1cscn1. The smallest absolute Gasteiger partial charge is 0.0795 e. The quantitative estimate of drug-likeness (QED) is 0.746. The minimum atomic E-state index is -0.275.